The van der Waals surface area contributed by atoms with Crippen LogP contribution in [0, 0.1) is 18.3 Å². The van der Waals surface area contributed by atoms with E-state index in [2.05, 4.69) is 5.10 Å². The molecule has 1 aromatic rings. The quantitative estimate of drug-likeness (QED) is 0.613. The van der Waals surface area contributed by atoms with Crippen molar-refractivity contribution in [3.05, 3.63) is 11.4 Å². The number of aryl methyl sites for hydroxylation is 2. The first-order valence-electron chi connectivity index (χ1n) is 5.48. The number of rotatable bonds is 5. The highest BCUT2D eigenvalue weighted by Crippen LogP contribution is 2.17. The Labute approximate surface area is 100.0 Å². The van der Waals surface area contributed by atoms with E-state index in [0.717, 1.165) is 0 Å². The van der Waals surface area contributed by atoms with Crippen LogP contribution in [0.1, 0.15) is 35.9 Å². The molecule has 2 N–H and O–H groups in total. The molecule has 6 heteroatoms. The maximum atomic E-state index is 11.8. The van der Waals surface area contributed by atoms with Crippen LogP contribution in [0.15, 0.2) is 0 Å². The van der Waals surface area contributed by atoms with Crippen molar-refractivity contribution in [3.63, 3.8) is 0 Å². The Morgan fingerprint density at radius 3 is 2.94 bits per heavy atom. The summed E-state index contributed by atoms with van der Waals surface area (Å²) in [5.74, 6) is -0.483. The van der Waals surface area contributed by atoms with Crippen molar-refractivity contribution in [2.24, 2.45) is 0 Å². The molecule has 1 heterocycles. The number of carbonyl (C=O) groups excluding carboxylic acids is 1. The van der Waals surface area contributed by atoms with E-state index in [1.807, 2.05) is 13.0 Å². The number of esters is 1. The van der Waals surface area contributed by atoms with Crippen molar-refractivity contribution in [2.75, 3.05) is 12.3 Å². The van der Waals surface area contributed by atoms with Gasteiger partial charge in [-0.15, -0.1) is 0 Å². The minimum absolute atomic E-state index is 0.222. The van der Waals surface area contributed by atoms with Crippen molar-refractivity contribution in [1.82, 2.24) is 9.78 Å². The summed E-state index contributed by atoms with van der Waals surface area (Å²) < 4.78 is 6.56. The molecule has 1 rings (SSSR count). The second-order valence-electron chi connectivity index (χ2n) is 3.56. The van der Waals surface area contributed by atoms with Gasteiger partial charge in [0.2, 0.25) is 0 Å². The van der Waals surface area contributed by atoms with Gasteiger partial charge in [0.05, 0.1) is 24.1 Å². The number of nitriles is 1. The van der Waals surface area contributed by atoms with Crippen LogP contribution in [0.25, 0.3) is 0 Å². The molecule has 0 radical (unpaired) electrons. The molecule has 0 fully saturated rings. The number of aromatic nitrogens is 2. The van der Waals surface area contributed by atoms with Gasteiger partial charge in [0.1, 0.15) is 0 Å². The molecule has 0 atom stereocenters. The van der Waals surface area contributed by atoms with Gasteiger partial charge in [-0.3, -0.25) is 4.68 Å². The fourth-order valence-corrected chi connectivity index (χ4v) is 1.42. The monoisotopic (exact) mass is 236 g/mol. The normalized spacial score (nSPS) is 9.94. The molecule has 0 amide bonds. The van der Waals surface area contributed by atoms with Gasteiger partial charge < -0.3 is 10.5 Å². The number of hydrogen-bond acceptors (Lipinski definition) is 5. The van der Waals surface area contributed by atoms with Gasteiger partial charge in [-0.2, -0.15) is 10.4 Å². The lowest BCUT2D eigenvalue weighted by molar-refractivity contribution is 0.0489. The predicted octanol–water partition coefficient (Wildman–Crippen LogP) is 1.25. The van der Waals surface area contributed by atoms with Crippen LogP contribution in [-0.2, 0) is 11.3 Å². The van der Waals surface area contributed by atoms with E-state index in [0.29, 0.717) is 36.5 Å². The summed E-state index contributed by atoms with van der Waals surface area (Å²) in [4.78, 5) is 11.8. The number of carbonyl (C=O) groups is 1. The topological polar surface area (TPSA) is 93.9 Å². The van der Waals surface area contributed by atoms with Gasteiger partial charge in [0.25, 0.3) is 0 Å². The Bertz CT molecular complexity index is 445. The van der Waals surface area contributed by atoms with Gasteiger partial charge in [0, 0.05) is 13.0 Å². The summed E-state index contributed by atoms with van der Waals surface area (Å²) in [6.45, 7) is 4.40. The minimum Gasteiger partial charge on any atom is -0.461 e. The molecule has 17 heavy (non-hydrogen) atoms. The molecule has 0 aliphatic rings. The Morgan fingerprint density at radius 1 is 1.65 bits per heavy atom. The van der Waals surface area contributed by atoms with Gasteiger partial charge in [-0.25, -0.2) is 4.79 Å². The maximum absolute atomic E-state index is 11.8. The summed E-state index contributed by atoms with van der Waals surface area (Å²) in [6.07, 6.45) is 0.899. The van der Waals surface area contributed by atoms with Crippen LogP contribution in [0.2, 0.25) is 0 Å². The smallest absolute Gasteiger partial charge is 0.358 e. The third kappa shape index (κ3) is 2.97. The van der Waals surface area contributed by atoms with Crippen LogP contribution >= 0.6 is 0 Å². The van der Waals surface area contributed by atoms with E-state index in [4.69, 9.17) is 15.7 Å². The van der Waals surface area contributed by atoms with E-state index >= 15 is 0 Å². The zero-order valence-corrected chi connectivity index (χ0v) is 10.1. The Hall–Kier alpha value is -2.03. The van der Waals surface area contributed by atoms with Crippen molar-refractivity contribution in [2.45, 2.75) is 33.2 Å². The van der Waals surface area contributed by atoms with Crippen LogP contribution < -0.4 is 5.73 Å². The Morgan fingerprint density at radius 2 is 2.35 bits per heavy atom. The average Bonchev–Trinajstić information content (AvgIpc) is 2.61. The first-order chi connectivity index (χ1) is 8.11. The predicted molar refractivity (Wildman–Crippen MR) is 62.2 cm³/mol. The number of nitrogens with two attached hydrogens (primary N) is 1. The molecule has 0 bridgehead atoms. The first-order valence-corrected chi connectivity index (χ1v) is 5.48. The number of nitrogen functional groups attached to an aromatic ring is 1. The molecule has 0 aliphatic heterocycles. The van der Waals surface area contributed by atoms with E-state index < -0.39 is 5.97 Å². The zero-order valence-electron chi connectivity index (χ0n) is 10.1. The fourth-order valence-electron chi connectivity index (χ4n) is 1.42. The molecule has 0 saturated heterocycles. The second kappa shape index (κ2) is 5.89. The highest BCUT2D eigenvalue weighted by molar-refractivity contribution is 5.93. The van der Waals surface area contributed by atoms with Crippen LogP contribution in [0.4, 0.5) is 5.69 Å². The van der Waals surface area contributed by atoms with Crippen LogP contribution in [-0.4, -0.2) is 22.4 Å². The number of ether oxygens (including phenoxy) is 1. The molecule has 0 spiro atoms. The summed E-state index contributed by atoms with van der Waals surface area (Å²) in [6, 6.07) is 1.99. The summed E-state index contributed by atoms with van der Waals surface area (Å²) in [5, 5.41) is 12.5. The van der Waals surface area contributed by atoms with Crippen molar-refractivity contribution < 1.29 is 9.53 Å². The number of nitrogens with zero attached hydrogens (tertiary/aromatic N) is 3. The fraction of sp³-hybridized carbons (Fsp3) is 0.545. The maximum Gasteiger partial charge on any atom is 0.358 e. The second-order valence-corrected chi connectivity index (χ2v) is 3.56. The van der Waals surface area contributed by atoms with Gasteiger partial charge in [-0.1, -0.05) is 0 Å². The van der Waals surface area contributed by atoms with E-state index in [-0.39, 0.29) is 6.61 Å². The third-order valence-electron chi connectivity index (χ3n) is 2.33. The summed E-state index contributed by atoms with van der Waals surface area (Å²) in [5.41, 5.74) is 7.05. The van der Waals surface area contributed by atoms with E-state index in [1.165, 1.54) is 4.68 Å². The molecule has 0 aliphatic carbocycles. The van der Waals surface area contributed by atoms with Gasteiger partial charge in [0.15, 0.2) is 5.69 Å². The molecular formula is C11H16N4O2. The van der Waals surface area contributed by atoms with E-state index in [1.54, 1.807) is 6.92 Å². The number of hydrogen-bond donors (Lipinski definition) is 1. The van der Waals surface area contributed by atoms with Gasteiger partial charge in [-0.05, 0) is 20.3 Å². The molecule has 1 aromatic heterocycles. The largest absolute Gasteiger partial charge is 0.461 e. The molecule has 0 aromatic carbocycles. The van der Waals surface area contributed by atoms with Gasteiger partial charge >= 0.3 is 5.97 Å². The SMILES string of the molecule is CCn1nc(C)c(N)c1C(=O)OCCCC#N. The van der Waals surface area contributed by atoms with Crippen LogP contribution in [0.3, 0.4) is 0 Å². The average molecular weight is 236 g/mol. The van der Waals surface area contributed by atoms with Crippen LogP contribution in [0.5, 0.6) is 0 Å². The van der Waals surface area contributed by atoms with E-state index in [9.17, 15) is 4.79 Å². The number of anilines is 1. The standard InChI is InChI=1S/C11H16N4O2/c1-3-15-10(9(13)8(2)14-15)11(16)17-7-5-4-6-12/h3-5,7,13H2,1-2H3. The molecule has 0 saturated carbocycles. The van der Waals surface area contributed by atoms with Crippen molar-refractivity contribution >= 4 is 11.7 Å². The lowest BCUT2D eigenvalue weighted by Gasteiger charge is -2.05. The lowest BCUT2D eigenvalue weighted by atomic mass is 10.3. The third-order valence-corrected chi connectivity index (χ3v) is 2.33. The molecule has 6 nitrogen and oxygen atoms in total. The Balaban J connectivity index is 2.72. The minimum atomic E-state index is -0.483. The summed E-state index contributed by atoms with van der Waals surface area (Å²) >= 11 is 0. The first kappa shape index (κ1) is 13.0. The zero-order chi connectivity index (χ0) is 12.8. The number of unbranched alkanes of at least 4 members (excludes halogenated alkanes) is 1. The Kier molecular flexibility index (Phi) is 4.52. The molecule has 0 unspecified atom stereocenters. The highest BCUT2D eigenvalue weighted by atomic mass is 16.5. The van der Waals surface area contributed by atoms with Crippen molar-refractivity contribution in [1.29, 1.82) is 5.26 Å². The summed E-state index contributed by atoms with van der Waals surface area (Å²) in [7, 11) is 0. The molecule has 92 valence electrons. The lowest BCUT2D eigenvalue weighted by Crippen LogP contribution is -2.14. The highest BCUT2D eigenvalue weighted by Gasteiger charge is 2.20. The molecular weight excluding hydrogens is 220 g/mol. The van der Waals surface area contributed by atoms with Crippen molar-refractivity contribution in [3.8, 4) is 6.07 Å².